The van der Waals surface area contributed by atoms with Gasteiger partial charge in [-0.2, -0.15) is 0 Å². The Kier molecular flexibility index (Phi) is 5.91. The molecule has 0 unspecified atom stereocenters. The minimum absolute atomic E-state index is 0.0532. The van der Waals surface area contributed by atoms with Crippen molar-refractivity contribution in [3.8, 4) is 0 Å². The van der Waals surface area contributed by atoms with Gasteiger partial charge in [0.05, 0.1) is 19.4 Å². The number of rotatable bonds is 8. The summed E-state index contributed by atoms with van der Waals surface area (Å²) < 4.78 is 18.3. The first-order valence-electron chi connectivity index (χ1n) is 7.05. The molecule has 0 aliphatic heterocycles. The number of benzene rings is 1. The lowest BCUT2D eigenvalue weighted by Gasteiger charge is -2.22. The third-order valence-electron chi connectivity index (χ3n) is 3.13. The summed E-state index contributed by atoms with van der Waals surface area (Å²) in [5, 5.41) is 2.99. The zero-order chi connectivity index (χ0) is 15.8. The van der Waals surface area contributed by atoms with Gasteiger partial charge in [-0.25, -0.2) is 4.39 Å². The summed E-state index contributed by atoms with van der Waals surface area (Å²) in [7, 11) is 0. The second kappa shape index (κ2) is 8.14. The molecule has 0 spiro atoms. The molecule has 22 heavy (non-hydrogen) atoms. The van der Waals surface area contributed by atoms with Crippen molar-refractivity contribution in [3.05, 3.63) is 72.5 Å². The molecular weight excluding hydrogens is 283 g/mol. The van der Waals surface area contributed by atoms with Gasteiger partial charge in [-0.1, -0.05) is 18.2 Å². The zero-order valence-corrected chi connectivity index (χ0v) is 12.3. The van der Waals surface area contributed by atoms with Crippen molar-refractivity contribution >= 4 is 5.91 Å². The van der Waals surface area contributed by atoms with Crippen LogP contribution in [0.15, 0.2) is 59.7 Å². The van der Waals surface area contributed by atoms with Crippen LogP contribution in [-0.2, 0) is 17.9 Å². The highest BCUT2D eigenvalue weighted by atomic mass is 19.1. The summed E-state index contributed by atoms with van der Waals surface area (Å²) >= 11 is 0. The Balaban J connectivity index is 2.04. The van der Waals surface area contributed by atoms with Crippen molar-refractivity contribution in [1.29, 1.82) is 0 Å². The molecule has 1 amide bonds. The third kappa shape index (κ3) is 4.86. The summed E-state index contributed by atoms with van der Waals surface area (Å²) in [4.78, 5) is 14.0. The van der Waals surface area contributed by atoms with Crippen LogP contribution < -0.4 is 5.32 Å². The van der Waals surface area contributed by atoms with Gasteiger partial charge in [0.1, 0.15) is 11.6 Å². The molecule has 1 aromatic heterocycles. The molecule has 0 saturated carbocycles. The fraction of sp³-hybridized carbons (Fsp3) is 0.235. The van der Waals surface area contributed by atoms with Gasteiger partial charge >= 0.3 is 0 Å². The minimum Gasteiger partial charge on any atom is -0.467 e. The first kappa shape index (κ1) is 16.0. The lowest BCUT2D eigenvalue weighted by Crippen LogP contribution is -2.37. The van der Waals surface area contributed by atoms with Crippen LogP contribution in [0, 0.1) is 5.82 Å². The van der Waals surface area contributed by atoms with E-state index in [2.05, 4.69) is 11.9 Å². The van der Waals surface area contributed by atoms with Crippen molar-refractivity contribution in [2.45, 2.75) is 13.1 Å². The molecule has 2 rings (SSSR count). The number of hydrogen-bond acceptors (Lipinski definition) is 3. The van der Waals surface area contributed by atoms with Gasteiger partial charge in [-0.3, -0.25) is 4.79 Å². The number of nitrogens with zero attached hydrogens (tertiary/aromatic N) is 1. The molecule has 4 nitrogen and oxygen atoms in total. The number of furan rings is 1. The lowest BCUT2D eigenvalue weighted by molar-refractivity contribution is -0.131. The Morgan fingerprint density at radius 1 is 1.27 bits per heavy atom. The van der Waals surface area contributed by atoms with Crippen molar-refractivity contribution in [3.63, 3.8) is 0 Å². The van der Waals surface area contributed by atoms with Crippen LogP contribution in [0.1, 0.15) is 11.3 Å². The maximum absolute atomic E-state index is 13.0. The number of hydrogen-bond donors (Lipinski definition) is 1. The molecule has 0 aliphatic rings. The van der Waals surface area contributed by atoms with Gasteiger partial charge in [0, 0.05) is 13.1 Å². The molecule has 2 aromatic rings. The Bertz CT molecular complexity index is 594. The molecule has 0 saturated heterocycles. The predicted octanol–water partition coefficient (Wildman–Crippen LogP) is 2.72. The molecule has 1 N–H and O–H groups in total. The number of carbonyl (C=O) groups excluding carboxylic acids is 1. The standard InChI is InChI=1S/C17H19FN2O2/c1-2-9-19-11-17(21)20(13-16-4-3-10-22-16)12-14-5-7-15(18)8-6-14/h2-8,10,19H,1,9,11-13H2. The third-order valence-corrected chi connectivity index (χ3v) is 3.13. The van der Waals surface area contributed by atoms with Gasteiger partial charge in [-0.15, -0.1) is 6.58 Å². The highest BCUT2D eigenvalue weighted by Gasteiger charge is 2.15. The number of halogens is 1. The molecule has 0 fully saturated rings. The van der Waals surface area contributed by atoms with Crippen LogP contribution in [0.2, 0.25) is 0 Å². The summed E-state index contributed by atoms with van der Waals surface area (Å²) in [5.74, 6) is 0.363. The van der Waals surface area contributed by atoms with Gasteiger partial charge in [-0.05, 0) is 29.8 Å². The Morgan fingerprint density at radius 3 is 2.68 bits per heavy atom. The Morgan fingerprint density at radius 2 is 2.05 bits per heavy atom. The SMILES string of the molecule is C=CCNCC(=O)N(Cc1ccc(F)cc1)Cc1ccco1. The summed E-state index contributed by atoms with van der Waals surface area (Å²) in [6, 6.07) is 9.74. The first-order valence-corrected chi connectivity index (χ1v) is 7.05. The monoisotopic (exact) mass is 302 g/mol. The maximum atomic E-state index is 13.0. The van der Waals surface area contributed by atoms with Crippen molar-refractivity contribution < 1.29 is 13.6 Å². The van der Waals surface area contributed by atoms with Crippen LogP contribution in [0.25, 0.3) is 0 Å². The van der Waals surface area contributed by atoms with E-state index in [4.69, 9.17) is 4.42 Å². The largest absolute Gasteiger partial charge is 0.467 e. The van der Waals surface area contributed by atoms with Crippen LogP contribution in [-0.4, -0.2) is 23.9 Å². The van der Waals surface area contributed by atoms with Crippen molar-refractivity contribution in [2.75, 3.05) is 13.1 Å². The maximum Gasteiger partial charge on any atom is 0.237 e. The minimum atomic E-state index is -0.291. The zero-order valence-electron chi connectivity index (χ0n) is 12.3. The van der Waals surface area contributed by atoms with Crippen molar-refractivity contribution in [1.82, 2.24) is 10.2 Å². The van der Waals surface area contributed by atoms with Crippen LogP contribution >= 0.6 is 0 Å². The van der Waals surface area contributed by atoms with Gasteiger partial charge in [0.2, 0.25) is 5.91 Å². The fourth-order valence-corrected chi connectivity index (χ4v) is 2.03. The van der Waals surface area contributed by atoms with E-state index in [0.29, 0.717) is 25.4 Å². The van der Waals surface area contributed by atoms with E-state index in [0.717, 1.165) is 5.56 Å². The number of nitrogens with one attached hydrogen (secondary N) is 1. The topological polar surface area (TPSA) is 45.5 Å². The molecule has 0 atom stereocenters. The van der Waals surface area contributed by atoms with Crippen LogP contribution in [0.4, 0.5) is 4.39 Å². The summed E-state index contributed by atoms with van der Waals surface area (Å²) in [6.07, 6.45) is 3.27. The normalized spacial score (nSPS) is 10.4. The first-order chi connectivity index (χ1) is 10.7. The van der Waals surface area contributed by atoms with Crippen molar-refractivity contribution in [2.24, 2.45) is 0 Å². The highest BCUT2D eigenvalue weighted by Crippen LogP contribution is 2.11. The smallest absolute Gasteiger partial charge is 0.237 e. The van der Waals surface area contributed by atoms with Crippen LogP contribution in [0.3, 0.4) is 0 Å². The predicted molar refractivity (Wildman–Crippen MR) is 82.4 cm³/mol. The molecule has 0 aliphatic carbocycles. The summed E-state index contributed by atoms with van der Waals surface area (Å²) in [5.41, 5.74) is 0.866. The summed E-state index contributed by atoms with van der Waals surface area (Å²) in [6.45, 7) is 5.16. The van der Waals surface area contributed by atoms with E-state index in [1.165, 1.54) is 12.1 Å². The highest BCUT2D eigenvalue weighted by molar-refractivity contribution is 5.78. The molecule has 116 valence electrons. The van der Waals surface area contributed by atoms with Gasteiger partial charge in [0.15, 0.2) is 0 Å². The molecule has 0 radical (unpaired) electrons. The average molecular weight is 302 g/mol. The average Bonchev–Trinajstić information content (AvgIpc) is 3.02. The van der Waals surface area contributed by atoms with Gasteiger partial charge < -0.3 is 14.6 Å². The second-order valence-electron chi connectivity index (χ2n) is 4.88. The van der Waals surface area contributed by atoms with E-state index in [1.807, 2.05) is 6.07 Å². The lowest BCUT2D eigenvalue weighted by atomic mass is 10.2. The number of carbonyl (C=O) groups is 1. The van der Waals surface area contributed by atoms with E-state index >= 15 is 0 Å². The Labute approximate surface area is 129 Å². The Hall–Kier alpha value is -2.40. The molecule has 1 heterocycles. The van der Waals surface area contributed by atoms with E-state index in [-0.39, 0.29) is 18.3 Å². The van der Waals surface area contributed by atoms with Gasteiger partial charge in [0.25, 0.3) is 0 Å². The molecule has 0 bridgehead atoms. The van der Waals surface area contributed by atoms with E-state index in [1.54, 1.807) is 35.4 Å². The number of amides is 1. The van der Waals surface area contributed by atoms with E-state index < -0.39 is 0 Å². The quantitative estimate of drug-likeness (QED) is 0.602. The second-order valence-corrected chi connectivity index (χ2v) is 4.88. The molecule has 1 aromatic carbocycles. The fourth-order valence-electron chi connectivity index (χ4n) is 2.03. The van der Waals surface area contributed by atoms with E-state index in [9.17, 15) is 9.18 Å². The van der Waals surface area contributed by atoms with Crippen LogP contribution in [0.5, 0.6) is 0 Å². The molecular formula is C17H19FN2O2. The molecule has 5 heteroatoms.